The largest absolute Gasteiger partial charge is 0.508 e. The SMILES string of the molecule is N[C@H](c1cccc(O)c1)C(F)(F)C(F)(F)F. The number of hydrogen-bond donors (Lipinski definition) is 2. The summed E-state index contributed by atoms with van der Waals surface area (Å²) in [5.74, 6) is -5.47. The van der Waals surface area contributed by atoms with E-state index in [1.165, 1.54) is 0 Å². The Morgan fingerprint density at radius 1 is 1.12 bits per heavy atom. The van der Waals surface area contributed by atoms with Gasteiger partial charge >= 0.3 is 12.1 Å². The molecule has 0 unspecified atom stereocenters. The molecule has 0 saturated carbocycles. The molecule has 16 heavy (non-hydrogen) atoms. The molecule has 0 heterocycles. The van der Waals surface area contributed by atoms with Gasteiger partial charge in [-0.25, -0.2) is 0 Å². The Morgan fingerprint density at radius 3 is 2.12 bits per heavy atom. The van der Waals surface area contributed by atoms with Gasteiger partial charge < -0.3 is 10.8 Å². The number of nitrogens with two attached hydrogens (primary N) is 1. The lowest BCUT2D eigenvalue weighted by Crippen LogP contribution is -2.45. The van der Waals surface area contributed by atoms with Crippen LogP contribution < -0.4 is 5.73 Å². The highest BCUT2D eigenvalue weighted by molar-refractivity contribution is 5.30. The van der Waals surface area contributed by atoms with Gasteiger partial charge in [0.1, 0.15) is 11.8 Å². The Morgan fingerprint density at radius 2 is 1.69 bits per heavy atom. The van der Waals surface area contributed by atoms with E-state index in [1.807, 2.05) is 0 Å². The molecule has 0 amide bonds. The van der Waals surface area contributed by atoms with Crippen LogP contribution in [0.3, 0.4) is 0 Å². The maximum Gasteiger partial charge on any atom is 0.455 e. The van der Waals surface area contributed by atoms with Gasteiger partial charge in [0, 0.05) is 0 Å². The topological polar surface area (TPSA) is 46.2 Å². The van der Waals surface area contributed by atoms with Crippen LogP contribution in [0.4, 0.5) is 22.0 Å². The minimum absolute atomic E-state index is 0.425. The summed E-state index contributed by atoms with van der Waals surface area (Å²) in [5, 5.41) is 8.95. The lowest BCUT2D eigenvalue weighted by molar-refractivity contribution is -0.291. The van der Waals surface area contributed by atoms with E-state index < -0.39 is 29.5 Å². The minimum Gasteiger partial charge on any atom is -0.508 e. The quantitative estimate of drug-likeness (QED) is 0.782. The molecule has 0 bridgehead atoms. The number of hydrogen-bond acceptors (Lipinski definition) is 2. The van der Waals surface area contributed by atoms with Crippen molar-refractivity contribution >= 4 is 0 Å². The summed E-state index contributed by atoms with van der Waals surface area (Å²) in [6.07, 6.45) is -5.72. The molecule has 1 atom stereocenters. The molecular weight excluding hydrogens is 233 g/mol. The van der Waals surface area contributed by atoms with Crippen LogP contribution in [0.25, 0.3) is 0 Å². The zero-order chi connectivity index (χ0) is 12.6. The van der Waals surface area contributed by atoms with Crippen molar-refractivity contribution in [3.05, 3.63) is 29.8 Å². The van der Waals surface area contributed by atoms with E-state index in [9.17, 15) is 22.0 Å². The second kappa shape index (κ2) is 3.89. The molecule has 0 aliphatic rings. The third kappa shape index (κ3) is 2.24. The average Bonchev–Trinajstić information content (AvgIpc) is 2.14. The highest BCUT2D eigenvalue weighted by Crippen LogP contribution is 2.43. The Hall–Kier alpha value is -1.37. The number of phenols is 1. The van der Waals surface area contributed by atoms with Crippen molar-refractivity contribution in [2.45, 2.75) is 18.1 Å². The summed E-state index contributed by atoms with van der Waals surface area (Å²) >= 11 is 0. The monoisotopic (exact) mass is 241 g/mol. The maximum absolute atomic E-state index is 12.8. The van der Waals surface area contributed by atoms with Crippen molar-refractivity contribution in [3.63, 3.8) is 0 Å². The second-order valence-corrected chi connectivity index (χ2v) is 3.19. The number of alkyl halides is 5. The zero-order valence-electron chi connectivity index (χ0n) is 7.80. The van der Waals surface area contributed by atoms with Gasteiger partial charge in [0.2, 0.25) is 0 Å². The van der Waals surface area contributed by atoms with Crippen LogP contribution in [-0.4, -0.2) is 17.2 Å². The summed E-state index contributed by atoms with van der Waals surface area (Å²) in [4.78, 5) is 0. The van der Waals surface area contributed by atoms with Gasteiger partial charge in [0.25, 0.3) is 0 Å². The lowest BCUT2D eigenvalue weighted by atomic mass is 10.0. The van der Waals surface area contributed by atoms with Gasteiger partial charge in [-0.1, -0.05) is 12.1 Å². The van der Waals surface area contributed by atoms with E-state index in [0.29, 0.717) is 0 Å². The fourth-order valence-electron chi connectivity index (χ4n) is 1.10. The molecule has 3 N–H and O–H groups in total. The predicted molar refractivity (Wildman–Crippen MR) is 46.0 cm³/mol. The molecule has 0 spiro atoms. The Bertz CT molecular complexity index is 376. The summed E-state index contributed by atoms with van der Waals surface area (Å²) in [6.45, 7) is 0. The highest BCUT2D eigenvalue weighted by atomic mass is 19.4. The lowest BCUT2D eigenvalue weighted by Gasteiger charge is -2.25. The number of benzene rings is 1. The molecule has 2 nitrogen and oxygen atoms in total. The first-order valence-electron chi connectivity index (χ1n) is 4.15. The van der Waals surface area contributed by atoms with Crippen molar-refractivity contribution in [1.82, 2.24) is 0 Å². The molecule has 1 rings (SSSR count). The Labute approximate surface area is 87.5 Å². The maximum atomic E-state index is 12.8. The smallest absolute Gasteiger partial charge is 0.455 e. The first-order valence-corrected chi connectivity index (χ1v) is 4.15. The van der Waals surface area contributed by atoms with E-state index in [2.05, 4.69) is 0 Å². The van der Waals surface area contributed by atoms with E-state index in [1.54, 1.807) is 0 Å². The molecule has 1 aromatic carbocycles. The molecule has 90 valence electrons. The third-order valence-electron chi connectivity index (χ3n) is 2.00. The molecule has 7 heteroatoms. The van der Waals surface area contributed by atoms with Crippen LogP contribution in [0.5, 0.6) is 5.75 Å². The molecule has 0 aliphatic heterocycles. The normalized spacial score (nSPS) is 14.9. The second-order valence-electron chi connectivity index (χ2n) is 3.19. The highest BCUT2D eigenvalue weighted by Gasteiger charge is 2.61. The summed E-state index contributed by atoms with van der Waals surface area (Å²) in [5.41, 5.74) is 4.36. The van der Waals surface area contributed by atoms with Crippen molar-refractivity contribution in [1.29, 1.82) is 0 Å². The predicted octanol–water partition coefficient (Wildman–Crippen LogP) is 2.59. The summed E-state index contributed by atoms with van der Waals surface area (Å²) in [6, 6.07) is 1.49. The Balaban J connectivity index is 3.07. The average molecular weight is 241 g/mol. The number of phenolic OH excluding ortho intramolecular Hbond substituents is 1. The van der Waals surface area contributed by atoms with Crippen LogP contribution in [-0.2, 0) is 0 Å². The summed E-state index contributed by atoms with van der Waals surface area (Å²) < 4.78 is 61.6. The number of halogens is 5. The first-order chi connectivity index (χ1) is 7.16. The van der Waals surface area contributed by atoms with Gasteiger partial charge in [-0.15, -0.1) is 0 Å². The zero-order valence-corrected chi connectivity index (χ0v) is 7.80. The molecule has 1 aromatic rings. The van der Waals surface area contributed by atoms with E-state index in [-0.39, 0.29) is 0 Å². The van der Waals surface area contributed by atoms with Crippen LogP contribution >= 0.6 is 0 Å². The van der Waals surface area contributed by atoms with Crippen LogP contribution in [0.2, 0.25) is 0 Å². The van der Waals surface area contributed by atoms with Gasteiger partial charge in [-0.05, 0) is 17.7 Å². The van der Waals surface area contributed by atoms with Gasteiger partial charge in [0.05, 0.1) is 0 Å². The molecule has 0 aliphatic carbocycles. The van der Waals surface area contributed by atoms with E-state index in [0.717, 1.165) is 24.3 Å². The van der Waals surface area contributed by atoms with Gasteiger partial charge in [-0.2, -0.15) is 22.0 Å². The van der Waals surface area contributed by atoms with E-state index >= 15 is 0 Å². The summed E-state index contributed by atoms with van der Waals surface area (Å²) in [7, 11) is 0. The van der Waals surface area contributed by atoms with E-state index in [4.69, 9.17) is 10.8 Å². The first kappa shape index (κ1) is 12.7. The van der Waals surface area contributed by atoms with Crippen molar-refractivity contribution in [2.75, 3.05) is 0 Å². The van der Waals surface area contributed by atoms with Crippen LogP contribution in [0.1, 0.15) is 11.6 Å². The van der Waals surface area contributed by atoms with Crippen molar-refractivity contribution < 1.29 is 27.1 Å². The standard InChI is InChI=1S/C9H8F5NO/c10-8(11,9(12,13)14)7(15)5-2-1-3-6(16)4-5/h1-4,7,16H,15H2/t7-/m1/s1. The molecule has 0 radical (unpaired) electrons. The Kier molecular flexibility index (Phi) is 3.09. The van der Waals surface area contributed by atoms with Crippen molar-refractivity contribution in [2.24, 2.45) is 5.73 Å². The molecular formula is C9H8F5NO. The van der Waals surface area contributed by atoms with Gasteiger partial charge in [0.15, 0.2) is 0 Å². The van der Waals surface area contributed by atoms with Crippen LogP contribution in [0.15, 0.2) is 24.3 Å². The van der Waals surface area contributed by atoms with Crippen LogP contribution in [0, 0.1) is 0 Å². The minimum atomic E-state index is -5.72. The molecule has 0 saturated heterocycles. The number of aromatic hydroxyl groups is 1. The molecule has 0 fully saturated rings. The number of rotatable bonds is 2. The molecule has 0 aromatic heterocycles. The van der Waals surface area contributed by atoms with Crippen molar-refractivity contribution in [3.8, 4) is 5.75 Å². The third-order valence-corrected chi connectivity index (χ3v) is 2.00. The fraction of sp³-hybridized carbons (Fsp3) is 0.333. The van der Waals surface area contributed by atoms with Gasteiger partial charge in [-0.3, -0.25) is 0 Å². The fourth-order valence-corrected chi connectivity index (χ4v) is 1.10.